The lowest BCUT2D eigenvalue weighted by Gasteiger charge is -2.11. The van der Waals surface area contributed by atoms with Crippen LogP contribution in [0.2, 0.25) is 5.28 Å². The molecule has 1 N–H and O–H groups in total. The topological polar surface area (TPSA) is 37.8 Å². The first-order valence-corrected chi connectivity index (χ1v) is 9.31. The first-order chi connectivity index (χ1) is 12.5. The van der Waals surface area contributed by atoms with E-state index in [0.29, 0.717) is 5.82 Å². The van der Waals surface area contributed by atoms with Crippen molar-refractivity contribution in [2.75, 3.05) is 5.32 Å². The monoisotopic (exact) mass is 383 g/mol. The van der Waals surface area contributed by atoms with Crippen LogP contribution >= 0.6 is 22.9 Å². The van der Waals surface area contributed by atoms with E-state index in [1.807, 2.05) is 5.38 Å². The van der Waals surface area contributed by atoms with E-state index >= 15 is 0 Å². The Labute approximate surface area is 159 Å². The van der Waals surface area contributed by atoms with Gasteiger partial charge in [-0.3, -0.25) is 0 Å². The van der Waals surface area contributed by atoms with Crippen LogP contribution in [0.3, 0.4) is 0 Å². The van der Waals surface area contributed by atoms with Crippen LogP contribution in [0.15, 0.2) is 47.8 Å². The van der Waals surface area contributed by atoms with Crippen molar-refractivity contribution in [3.63, 3.8) is 0 Å². The molecule has 0 saturated heterocycles. The summed E-state index contributed by atoms with van der Waals surface area (Å²) in [5, 5.41) is 6.44. The minimum atomic E-state index is -0.263. The van der Waals surface area contributed by atoms with E-state index in [2.05, 4.69) is 47.3 Å². The average Bonchev–Trinajstić information content (AvgIpc) is 2.98. The second kappa shape index (κ2) is 6.67. The quantitative estimate of drug-likeness (QED) is 0.410. The van der Waals surface area contributed by atoms with Crippen LogP contribution in [0.4, 0.5) is 15.9 Å². The Kier molecular flexibility index (Phi) is 4.34. The van der Waals surface area contributed by atoms with Gasteiger partial charge < -0.3 is 5.32 Å². The molecule has 6 heteroatoms. The Morgan fingerprint density at radius 2 is 1.69 bits per heavy atom. The summed E-state index contributed by atoms with van der Waals surface area (Å²) in [6.45, 7) is 4.10. The fraction of sp³-hybridized carbons (Fsp3) is 0.100. The minimum absolute atomic E-state index is 0.192. The van der Waals surface area contributed by atoms with Crippen molar-refractivity contribution < 1.29 is 4.39 Å². The first-order valence-electron chi connectivity index (χ1n) is 8.05. The maximum Gasteiger partial charge on any atom is 0.225 e. The molecule has 2 aromatic heterocycles. The Morgan fingerprint density at radius 1 is 1.00 bits per heavy atom. The van der Waals surface area contributed by atoms with Crippen molar-refractivity contribution in [1.29, 1.82) is 0 Å². The zero-order valence-electron chi connectivity index (χ0n) is 14.2. The standard InChI is InChI=1S/C20H15ClFN3S/c1-11-7-12(2)9-15(8-11)23-18-17-16(13-3-5-14(22)6-4-13)10-26-19(17)25-20(21)24-18/h3-10H,1-2H3,(H,23,24,25). The van der Waals surface area contributed by atoms with Crippen LogP contribution in [0.5, 0.6) is 0 Å². The van der Waals surface area contributed by atoms with Gasteiger partial charge in [-0.25, -0.2) is 9.37 Å². The fourth-order valence-corrected chi connectivity index (χ4v) is 4.20. The lowest BCUT2D eigenvalue weighted by atomic mass is 10.1. The van der Waals surface area contributed by atoms with E-state index < -0.39 is 0 Å². The maximum absolute atomic E-state index is 13.3. The van der Waals surface area contributed by atoms with Crippen LogP contribution in [0, 0.1) is 19.7 Å². The highest BCUT2D eigenvalue weighted by molar-refractivity contribution is 7.17. The number of halogens is 2. The fourth-order valence-electron chi connectivity index (χ4n) is 3.03. The van der Waals surface area contributed by atoms with Gasteiger partial charge in [0.2, 0.25) is 5.28 Å². The Morgan fingerprint density at radius 3 is 2.38 bits per heavy atom. The molecular weight excluding hydrogens is 369 g/mol. The van der Waals surface area contributed by atoms with E-state index in [9.17, 15) is 4.39 Å². The number of nitrogens with zero attached hydrogens (tertiary/aromatic N) is 2. The van der Waals surface area contributed by atoms with Gasteiger partial charge in [0.1, 0.15) is 16.5 Å². The van der Waals surface area contributed by atoms with Gasteiger partial charge in [0.15, 0.2) is 0 Å². The first kappa shape index (κ1) is 16.9. The van der Waals surface area contributed by atoms with Crippen LogP contribution in [0.25, 0.3) is 21.3 Å². The molecule has 0 spiro atoms. The van der Waals surface area contributed by atoms with Gasteiger partial charge in [-0.1, -0.05) is 18.2 Å². The molecule has 2 heterocycles. The molecular formula is C20H15ClFN3S. The summed E-state index contributed by atoms with van der Waals surface area (Å²) < 4.78 is 13.3. The molecule has 0 atom stereocenters. The number of nitrogens with one attached hydrogen (secondary N) is 1. The molecule has 4 aromatic rings. The van der Waals surface area contributed by atoms with Gasteiger partial charge in [0.05, 0.1) is 5.39 Å². The highest BCUT2D eigenvalue weighted by atomic mass is 35.5. The van der Waals surface area contributed by atoms with E-state index in [-0.39, 0.29) is 11.1 Å². The highest BCUT2D eigenvalue weighted by Crippen LogP contribution is 2.38. The van der Waals surface area contributed by atoms with Gasteiger partial charge in [-0.2, -0.15) is 4.98 Å². The molecule has 2 aromatic carbocycles. The third-order valence-electron chi connectivity index (χ3n) is 4.05. The van der Waals surface area contributed by atoms with Crippen molar-refractivity contribution in [2.24, 2.45) is 0 Å². The van der Waals surface area contributed by atoms with Gasteiger partial charge in [-0.15, -0.1) is 11.3 Å². The zero-order chi connectivity index (χ0) is 18.3. The molecule has 0 unspecified atom stereocenters. The van der Waals surface area contributed by atoms with Gasteiger partial charge in [0, 0.05) is 16.6 Å². The number of anilines is 2. The number of thiophene rings is 1. The largest absolute Gasteiger partial charge is 0.340 e. The van der Waals surface area contributed by atoms with E-state index in [1.165, 1.54) is 23.5 Å². The number of aryl methyl sites for hydroxylation is 2. The molecule has 0 saturated carbocycles. The van der Waals surface area contributed by atoms with Crippen molar-refractivity contribution in [3.8, 4) is 11.1 Å². The van der Waals surface area contributed by atoms with Crippen molar-refractivity contribution in [2.45, 2.75) is 13.8 Å². The molecule has 4 rings (SSSR count). The summed E-state index contributed by atoms with van der Waals surface area (Å²) in [6, 6.07) is 12.6. The van der Waals surface area contributed by atoms with Gasteiger partial charge in [-0.05, 0) is 66.4 Å². The summed E-state index contributed by atoms with van der Waals surface area (Å²) in [6.07, 6.45) is 0. The SMILES string of the molecule is Cc1cc(C)cc(Nc2nc(Cl)nc3scc(-c4ccc(F)cc4)c23)c1. The Balaban J connectivity index is 1.88. The van der Waals surface area contributed by atoms with Gasteiger partial charge >= 0.3 is 0 Å². The molecule has 0 radical (unpaired) electrons. The number of hydrogen-bond acceptors (Lipinski definition) is 4. The van der Waals surface area contributed by atoms with E-state index in [1.54, 1.807) is 12.1 Å². The Hall–Kier alpha value is -2.50. The molecule has 0 aliphatic rings. The van der Waals surface area contributed by atoms with Crippen LogP contribution in [0.1, 0.15) is 11.1 Å². The molecule has 26 heavy (non-hydrogen) atoms. The molecule has 0 aliphatic heterocycles. The van der Waals surface area contributed by atoms with Gasteiger partial charge in [0.25, 0.3) is 0 Å². The molecule has 0 bridgehead atoms. The Bertz CT molecular complexity index is 1090. The summed E-state index contributed by atoms with van der Waals surface area (Å²) in [4.78, 5) is 9.53. The summed E-state index contributed by atoms with van der Waals surface area (Å²) in [5.74, 6) is 0.381. The summed E-state index contributed by atoms with van der Waals surface area (Å²) in [7, 11) is 0. The summed E-state index contributed by atoms with van der Waals surface area (Å²) >= 11 is 7.61. The smallest absolute Gasteiger partial charge is 0.225 e. The normalized spacial score (nSPS) is 11.1. The predicted molar refractivity (Wildman–Crippen MR) is 107 cm³/mol. The lowest BCUT2D eigenvalue weighted by molar-refractivity contribution is 0.628. The number of benzene rings is 2. The molecule has 3 nitrogen and oxygen atoms in total. The predicted octanol–water partition coefficient (Wildman–Crippen LogP) is 6.51. The van der Waals surface area contributed by atoms with E-state index in [0.717, 1.165) is 38.2 Å². The minimum Gasteiger partial charge on any atom is -0.340 e. The number of hydrogen-bond donors (Lipinski definition) is 1. The summed E-state index contributed by atoms with van der Waals surface area (Å²) in [5.41, 5.74) is 5.12. The molecule has 0 fully saturated rings. The molecule has 0 aliphatic carbocycles. The second-order valence-corrected chi connectivity index (χ2v) is 7.38. The maximum atomic E-state index is 13.3. The number of fused-ring (bicyclic) bond motifs is 1. The van der Waals surface area contributed by atoms with Crippen LogP contribution in [-0.4, -0.2) is 9.97 Å². The number of rotatable bonds is 3. The molecule has 0 amide bonds. The van der Waals surface area contributed by atoms with Crippen LogP contribution < -0.4 is 5.32 Å². The third kappa shape index (κ3) is 3.28. The van der Waals surface area contributed by atoms with Crippen molar-refractivity contribution in [3.05, 3.63) is 70.1 Å². The second-order valence-electron chi connectivity index (χ2n) is 6.18. The highest BCUT2D eigenvalue weighted by Gasteiger charge is 2.15. The third-order valence-corrected chi connectivity index (χ3v) is 5.09. The zero-order valence-corrected chi connectivity index (χ0v) is 15.7. The van der Waals surface area contributed by atoms with Crippen molar-refractivity contribution >= 4 is 44.7 Å². The molecule has 130 valence electrons. The lowest BCUT2D eigenvalue weighted by Crippen LogP contribution is -1.97. The van der Waals surface area contributed by atoms with Crippen molar-refractivity contribution in [1.82, 2.24) is 9.97 Å². The van der Waals surface area contributed by atoms with Crippen LogP contribution in [-0.2, 0) is 0 Å². The van der Waals surface area contributed by atoms with E-state index in [4.69, 9.17) is 11.6 Å². The average molecular weight is 384 g/mol. The number of aromatic nitrogens is 2.